The zero-order chi connectivity index (χ0) is 25.0. The van der Waals surface area contributed by atoms with Gasteiger partial charge in [0, 0.05) is 22.6 Å². The average Bonchev–Trinajstić information content (AvgIpc) is 3.22. The van der Waals surface area contributed by atoms with E-state index in [2.05, 4.69) is 20.8 Å². The molecule has 2 aliphatic heterocycles. The van der Waals surface area contributed by atoms with Gasteiger partial charge in [-0.15, -0.1) is 23.1 Å². The predicted molar refractivity (Wildman–Crippen MR) is 121 cm³/mol. The monoisotopic (exact) mass is 549 g/mol. The van der Waals surface area contributed by atoms with Gasteiger partial charge in [-0.2, -0.15) is 0 Å². The van der Waals surface area contributed by atoms with Crippen LogP contribution in [-0.2, 0) is 24.0 Å². The second kappa shape index (κ2) is 12.4. The number of fused-ring (bicyclic) bond motifs is 1. The van der Waals surface area contributed by atoms with Crippen LogP contribution in [0.25, 0.3) is 0 Å². The number of nitrogens with one attached hydrogen (secondary N) is 2. The SMILES string of the molecule is NC(=O)C(=O)NC/C=C\SC1=C(C(=O)[O-])N2C(=O)C(NC(=O)/C(=N\O)c3csc(N)n3)[C@H]2SC1.[Na+]. The Bertz CT molecular complexity index is 1150. The van der Waals surface area contributed by atoms with Crippen molar-refractivity contribution < 1.29 is 63.8 Å². The second-order valence-electron chi connectivity index (χ2n) is 6.50. The van der Waals surface area contributed by atoms with Gasteiger partial charge in [0.1, 0.15) is 17.1 Å². The van der Waals surface area contributed by atoms with E-state index in [4.69, 9.17) is 11.5 Å². The number of amides is 4. The summed E-state index contributed by atoms with van der Waals surface area (Å²) in [5, 5.41) is 30.8. The van der Waals surface area contributed by atoms with Crippen molar-refractivity contribution in [3.8, 4) is 0 Å². The smallest absolute Gasteiger partial charge is 0.543 e. The number of hydrogen-bond acceptors (Lipinski definition) is 13. The molecule has 0 bridgehead atoms. The molecule has 0 saturated carbocycles. The second-order valence-corrected chi connectivity index (χ2v) is 9.50. The molecule has 35 heavy (non-hydrogen) atoms. The van der Waals surface area contributed by atoms with Crippen molar-refractivity contribution in [1.82, 2.24) is 20.5 Å². The van der Waals surface area contributed by atoms with Gasteiger partial charge >= 0.3 is 41.4 Å². The van der Waals surface area contributed by atoms with Gasteiger partial charge in [0.15, 0.2) is 10.8 Å². The molecule has 0 aliphatic carbocycles. The van der Waals surface area contributed by atoms with Crippen LogP contribution in [0.3, 0.4) is 0 Å². The Balaban J connectivity index is 0.00000432. The van der Waals surface area contributed by atoms with Gasteiger partial charge in [-0.25, -0.2) is 4.98 Å². The number of nitrogens with two attached hydrogens (primary N) is 2. The third-order valence-electron chi connectivity index (χ3n) is 4.40. The number of thioether (sulfide) groups is 2. The third kappa shape index (κ3) is 6.36. The summed E-state index contributed by atoms with van der Waals surface area (Å²) in [5.41, 5.74) is 9.57. The predicted octanol–water partition coefficient (Wildman–Crippen LogP) is -5.88. The molecule has 2 atom stereocenters. The third-order valence-corrected chi connectivity index (χ3v) is 7.49. The van der Waals surface area contributed by atoms with E-state index in [0.29, 0.717) is 4.91 Å². The fraction of sp³-hybridized carbons (Fsp3) is 0.235. The van der Waals surface area contributed by atoms with Crippen molar-refractivity contribution in [1.29, 1.82) is 0 Å². The molecule has 18 heteroatoms. The number of thiazole rings is 1. The molecular weight excluding hydrogens is 533 g/mol. The summed E-state index contributed by atoms with van der Waals surface area (Å²) in [7, 11) is 0. The molecule has 1 aromatic rings. The Morgan fingerprint density at radius 3 is 2.66 bits per heavy atom. The van der Waals surface area contributed by atoms with Crippen molar-refractivity contribution in [3.63, 3.8) is 0 Å². The van der Waals surface area contributed by atoms with Crippen LogP contribution in [-0.4, -0.2) is 74.1 Å². The van der Waals surface area contributed by atoms with Gasteiger partial charge in [0.25, 0.3) is 11.8 Å². The molecular formula is C17H16N7NaO7S3. The number of primary amides is 1. The number of rotatable bonds is 8. The number of carboxylic acid groups (broad SMARTS) is 1. The van der Waals surface area contributed by atoms with Crippen LogP contribution in [0.5, 0.6) is 0 Å². The number of hydrogen-bond donors (Lipinski definition) is 5. The van der Waals surface area contributed by atoms with Gasteiger partial charge in [-0.1, -0.05) is 23.0 Å². The Labute approximate surface area is 231 Å². The minimum absolute atomic E-state index is 0. The maximum Gasteiger partial charge on any atom is 1.00 e. The van der Waals surface area contributed by atoms with Crippen LogP contribution in [0.4, 0.5) is 5.13 Å². The van der Waals surface area contributed by atoms with Crippen molar-refractivity contribution >= 4 is 75.3 Å². The molecule has 1 fully saturated rings. The number of carboxylic acids is 1. The van der Waals surface area contributed by atoms with Crippen LogP contribution in [0.15, 0.2) is 32.6 Å². The first-order valence-electron chi connectivity index (χ1n) is 9.18. The first kappa shape index (κ1) is 28.7. The molecule has 180 valence electrons. The summed E-state index contributed by atoms with van der Waals surface area (Å²) in [6.45, 7) is -0.0192. The first-order valence-corrected chi connectivity index (χ1v) is 12.0. The Morgan fingerprint density at radius 2 is 2.09 bits per heavy atom. The van der Waals surface area contributed by atoms with Gasteiger partial charge in [-0.3, -0.25) is 24.1 Å². The molecule has 0 aromatic carbocycles. The zero-order valence-electron chi connectivity index (χ0n) is 17.9. The fourth-order valence-corrected chi connectivity index (χ4v) is 5.78. The number of nitrogen functional groups attached to an aromatic ring is 1. The van der Waals surface area contributed by atoms with E-state index in [1.165, 1.54) is 28.6 Å². The van der Waals surface area contributed by atoms with Crippen LogP contribution in [0.1, 0.15) is 5.69 Å². The summed E-state index contributed by atoms with van der Waals surface area (Å²) in [6.07, 6.45) is 1.46. The molecule has 4 amide bonds. The average molecular weight is 550 g/mol. The van der Waals surface area contributed by atoms with Crippen LogP contribution in [0.2, 0.25) is 0 Å². The van der Waals surface area contributed by atoms with Crippen molar-refractivity contribution in [2.75, 3.05) is 18.0 Å². The first-order chi connectivity index (χ1) is 16.1. The fourth-order valence-electron chi connectivity index (χ4n) is 2.91. The number of aromatic nitrogens is 1. The number of β-lactam (4-membered cyclic amide) rings is 1. The number of nitrogens with zero attached hydrogens (tertiary/aromatic N) is 3. The molecule has 3 heterocycles. The minimum Gasteiger partial charge on any atom is -0.543 e. The topological polar surface area (TPSA) is 233 Å². The molecule has 1 unspecified atom stereocenters. The Hall–Kier alpha value is -2.57. The Kier molecular flexibility index (Phi) is 10.2. The van der Waals surface area contributed by atoms with E-state index in [9.17, 15) is 34.3 Å². The van der Waals surface area contributed by atoms with E-state index < -0.39 is 46.7 Å². The van der Waals surface area contributed by atoms with Gasteiger partial charge in [0.05, 0.1) is 11.7 Å². The number of oxime groups is 1. The zero-order valence-corrected chi connectivity index (χ0v) is 22.4. The van der Waals surface area contributed by atoms with E-state index in [1.54, 1.807) is 0 Å². The van der Waals surface area contributed by atoms with Crippen molar-refractivity contribution in [2.45, 2.75) is 11.4 Å². The summed E-state index contributed by atoms with van der Waals surface area (Å²) < 4.78 is 0. The van der Waals surface area contributed by atoms with Crippen LogP contribution in [0, 0.1) is 0 Å². The van der Waals surface area contributed by atoms with E-state index in [-0.39, 0.29) is 58.4 Å². The molecule has 1 aromatic heterocycles. The summed E-state index contributed by atoms with van der Waals surface area (Å²) in [4.78, 5) is 63.9. The molecule has 1 saturated heterocycles. The maximum absolute atomic E-state index is 12.7. The number of carbonyl (C=O) groups is 5. The quantitative estimate of drug-likeness (QED) is 0.0511. The van der Waals surface area contributed by atoms with Gasteiger partial charge < -0.3 is 37.2 Å². The molecule has 7 N–H and O–H groups in total. The Morgan fingerprint density at radius 1 is 1.37 bits per heavy atom. The number of aliphatic carboxylic acids is 1. The van der Waals surface area contributed by atoms with Gasteiger partial charge in [0.2, 0.25) is 0 Å². The largest absolute Gasteiger partial charge is 1.00 e. The molecule has 14 nitrogen and oxygen atoms in total. The molecule has 2 aliphatic rings. The maximum atomic E-state index is 12.7. The summed E-state index contributed by atoms with van der Waals surface area (Å²) in [5.74, 6) is -5.05. The normalized spacial score (nSPS) is 19.5. The van der Waals surface area contributed by atoms with Gasteiger partial charge in [-0.05, 0) is 5.41 Å². The van der Waals surface area contributed by atoms with E-state index >= 15 is 0 Å². The standard InChI is InChI=1S/C17H17N7O7S3.Na/c18-11(25)13(27)20-2-1-3-32-7-5-33-15-9(14(28)24(15)10(7)16(29)30)22-12(26)8(23-31)6-4-34-17(19)21-6;/h1,3-4,9,15,31H,2,5H2,(H2,18,25)(H2,19,21)(H,20,27)(H,22,26)(H,29,30);/q;+1/p-1/b3-1-,23-8-;/t9?,15-;/m1./s1. The van der Waals surface area contributed by atoms with E-state index in [0.717, 1.165) is 28.0 Å². The summed E-state index contributed by atoms with van der Waals surface area (Å²) in [6, 6.07) is -1.06. The molecule has 0 radical (unpaired) electrons. The van der Waals surface area contributed by atoms with Crippen molar-refractivity contribution in [3.05, 3.63) is 33.2 Å². The molecule has 0 spiro atoms. The number of carbonyl (C=O) groups excluding carboxylic acids is 5. The summed E-state index contributed by atoms with van der Waals surface area (Å²) >= 11 is 3.23. The van der Waals surface area contributed by atoms with Crippen LogP contribution < -0.4 is 56.8 Å². The van der Waals surface area contributed by atoms with Crippen molar-refractivity contribution in [2.24, 2.45) is 10.9 Å². The molecule has 3 rings (SSSR count). The van der Waals surface area contributed by atoms with Crippen LogP contribution >= 0.6 is 34.9 Å². The number of anilines is 1. The minimum atomic E-state index is -1.57. The van der Waals surface area contributed by atoms with E-state index in [1.807, 2.05) is 0 Å².